The smallest absolute Gasteiger partial charge is 0.223 e. The Balaban J connectivity index is 1.67. The molecule has 0 radical (unpaired) electrons. The zero-order chi connectivity index (χ0) is 19.4. The van der Waals surface area contributed by atoms with Crippen LogP contribution in [0.3, 0.4) is 0 Å². The molecule has 5 nitrogen and oxygen atoms in total. The Morgan fingerprint density at radius 2 is 1.89 bits per heavy atom. The maximum atomic E-state index is 12.8. The molecule has 0 unspecified atom stereocenters. The summed E-state index contributed by atoms with van der Waals surface area (Å²) in [5, 5.41) is 0. The fraction of sp³-hybridized carbons (Fsp3) is 0.429. The predicted octanol–water partition coefficient (Wildman–Crippen LogP) is 4.23. The Labute approximate surface area is 163 Å². The number of thiophene rings is 1. The number of methoxy groups -OCH3 is 2. The number of ether oxygens (including phenoxy) is 2. The van der Waals surface area contributed by atoms with Gasteiger partial charge in [-0.1, -0.05) is 0 Å². The van der Waals surface area contributed by atoms with E-state index in [1.807, 2.05) is 42.2 Å². The lowest BCUT2D eigenvalue weighted by Crippen LogP contribution is -2.33. The van der Waals surface area contributed by atoms with Crippen LogP contribution < -0.4 is 9.47 Å². The van der Waals surface area contributed by atoms with Gasteiger partial charge in [-0.2, -0.15) is 0 Å². The van der Waals surface area contributed by atoms with E-state index in [9.17, 15) is 9.59 Å². The number of aryl methyl sites for hydroxylation is 1. The number of carbonyl (C=O) groups is 2. The van der Waals surface area contributed by atoms with Crippen molar-refractivity contribution in [3.63, 3.8) is 0 Å². The van der Waals surface area contributed by atoms with Crippen molar-refractivity contribution in [2.75, 3.05) is 14.2 Å². The maximum absolute atomic E-state index is 12.8. The molecule has 3 rings (SSSR count). The Morgan fingerprint density at radius 1 is 1.11 bits per heavy atom. The van der Waals surface area contributed by atoms with Crippen molar-refractivity contribution >= 4 is 23.0 Å². The van der Waals surface area contributed by atoms with E-state index in [2.05, 4.69) is 0 Å². The molecule has 27 heavy (non-hydrogen) atoms. The highest BCUT2D eigenvalue weighted by Gasteiger charge is 2.33. The molecule has 2 aromatic rings. The monoisotopic (exact) mass is 387 g/mol. The highest BCUT2D eigenvalue weighted by molar-refractivity contribution is 7.14. The summed E-state index contributed by atoms with van der Waals surface area (Å²) in [5.74, 6) is 1.52. The fourth-order valence-electron chi connectivity index (χ4n) is 3.07. The molecule has 0 atom stereocenters. The van der Waals surface area contributed by atoms with Crippen molar-refractivity contribution in [1.82, 2.24) is 4.90 Å². The molecular weight excluding hydrogens is 362 g/mol. The van der Waals surface area contributed by atoms with Crippen LogP contribution in [0.25, 0.3) is 0 Å². The highest BCUT2D eigenvalue weighted by Crippen LogP contribution is 2.32. The minimum absolute atomic E-state index is 0.0176. The van der Waals surface area contributed by atoms with Crippen LogP contribution >= 0.6 is 11.3 Å². The molecule has 1 aliphatic rings. The maximum Gasteiger partial charge on any atom is 0.223 e. The fourth-order valence-corrected chi connectivity index (χ4v) is 3.90. The quantitative estimate of drug-likeness (QED) is 0.604. The van der Waals surface area contributed by atoms with E-state index >= 15 is 0 Å². The van der Waals surface area contributed by atoms with Gasteiger partial charge >= 0.3 is 0 Å². The topological polar surface area (TPSA) is 55.8 Å². The molecule has 1 saturated carbocycles. The van der Waals surface area contributed by atoms with E-state index in [0.29, 0.717) is 6.54 Å². The number of hydrogen-bond donors (Lipinski definition) is 0. The summed E-state index contributed by atoms with van der Waals surface area (Å²) in [6, 6.07) is 9.63. The number of ketones is 1. The summed E-state index contributed by atoms with van der Waals surface area (Å²) in [5.41, 5.74) is 0.914. The molecule has 6 heteroatoms. The van der Waals surface area contributed by atoms with Gasteiger partial charge in [0.15, 0.2) is 5.78 Å². The second-order valence-electron chi connectivity index (χ2n) is 6.76. The summed E-state index contributed by atoms with van der Waals surface area (Å²) in [6.07, 6.45) is 2.50. The summed E-state index contributed by atoms with van der Waals surface area (Å²) in [4.78, 5) is 28.9. The minimum Gasteiger partial charge on any atom is -0.497 e. The molecule has 0 bridgehead atoms. The van der Waals surface area contributed by atoms with Gasteiger partial charge < -0.3 is 14.4 Å². The molecule has 1 heterocycles. The Hall–Kier alpha value is -2.34. The molecule has 0 N–H and O–H groups in total. The van der Waals surface area contributed by atoms with Gasteiger partial charge in [0, 0.05) is 35.9 Å². The van der Waals surface area contributed by atoms with Crippen LogP contribution in [0.4, 0.5) is 0 Å². The summed E-state index contributed by atoms with van der Waals surface area (Å²) in [7, 11) is 3.24. The molecule has 1 aromatic heterocycles. The van der Waals surface area contributed by atoms with Crippen molar-refractivity contribution < 1.29 is 19.1 Å². The summed E-state index contributed by atoms with van der Waals surface area (Å²) < 4.78 is 10.7. The number of amides is 1. The van der Waals surface area contributed by atoms with E-state index in [-0.39, 0.29) is 30.6 Å². The first-order valence-corrected chi connectivity index (χ1v) is 9.93. The summed E-state index contributed by atoms with van der Waals surface area (Å²) in [6.45, 7) is 2.44. The van der Waals surface area contributed by atoms with Gasteiger partial charge in [-0.3, -0.25) is 9.59 Å². The van der Waals surface area contributed by atoms with Gasteiger partial charge in [0.1, 0.15) is 11.5 Å². The molecular formula is C21H25NO4S. The Kier molecular flexibility index (Phi) is 6.16. The largest absolute Gasteiger partial charge is 0.497 e. The van der Waals surface area contributed by atoms with Crippen molar-refractivity contribution in [2.45, 2.75) is 45.2 Å². The molecule has 1 amide bonds. The highest BCUT2D eigenvalue weighted by atomic mass is 32.1. The molecule has 1 fully saturated rings. The van der Waals surface area contributed by atoms with Crippen molar-refractivity contribution in [3.05, 3.63) is 45.6 Å². The van der Waals surface area contributed by atoms with Crippen LogP contribution in [0.15, 0.2) is 30.3 Å². The minimum atomic E-state index is 0.0176. The first kappa shape index (κ1) is 19.4. The van der Waals surface area contributed by atoms with Crippen molar-refractivity contribution in [3.8, 4) is 11.5 Å². The van der Waals surface area contributed by atoms with Gasteiger partial charge in [0.2, 0.25) is 5.91 Å². The number of carbonyl (C=O) groups excluding carboxylic acids is 2. The van der Waals surface area contributed by atoms with Crippen LogP contribution in [0.1, 0.15) is 45.8 Å². The van der Waals surface area contributed by atoms with Gasteiger partial charge in [-0.25, -0.2) is 0 Å². The Morgan fingerprint density at radius 3 is 2.48 bits per heavy atom. The van der Waals surface area contributed by atoms with E-state index < -0.39 is 0 Å². The van der Waals surface area contributed by atoms with Crippen molar-refractivity contribution in [2.24, 2.45) is 0 Å². The average Bonchev–Trinajstić information content (AvgIpc) is 3.43. The third-order valence-electron chi connectivity index (χ3n) is 4.72. The van der Waals surface area contributed by atoms with Crippen LogP contribution in [-0.4, -0.2) is 36.9 Å². The first-order valence-electron chi connectivity index (χ1n) is 9.12. The lowest BCUT2D eigenvalue weighted by Gasteiger charge is -2.24. The van der Waals surface area contributed by atoms with E-state index in [1.165, 1.54) is 11.3 Å². The van der Waals surface area contributed by atoms with Crippen LogP contribution in [0, 0.1) is 6.92 Å². The first-order chi connectivity index (χ1) is 13.0. The van der Waals surface area contributed by atoms with E-state index in [4.69, 9.17) is 9.47 Å². The molecule has 1 aromatic carbocycles. The van der Waals surface area contributed by atoms with Crippen LogP contribution in [0.2, 0.25) is 0 Å². The van der Waals surface area contributed by atoms with E-state index in [0.717, 1.165) is 39.7 Å². The van der Waals surface area contributed by atoms with Gasteiger partial charge in [-0.05, 0) is 50.1 Å². The van der Waals surface area contributed by atoms with Crippen LogP contribution in [0.5, 0.6) is 11.5 Å². The summed E-state index contributed by atoms with van der Waals surface area (Å²) >= 11 is 1.48. The number of Topliss-reactive ketones (excluding diaryl/α,β-unsaturated/α-hetero) is 1. The van der Waals surface area contributed by atoms with Gasteiger partial charge in [0.05, 0.1) is 19.1 Å². The third-order valence-corrected chi connectivity index (χ3v) is 5.76. The second-order valence-corrected chi connectivity index (χ2v) is 8.05. The normalized spacial score (nSPS) is 13.3. The average molecular weight is 388 g/mol. The third kappa shape index (κ3) is 4.89. The Bertz CT molecular complexity index is 825. The zero-order valence-corrected chi connectivity index (χ0v) is 16.8. The molecule has 0 spiro atoms. The number of hydrogen-bond acceptors (Lipinski definition) is 5. The van der Waals surface area contributed by atoms with Gasteiger partial charge in [-0.15, -0.1) is 11.3 Å². The number of rotatable bonds is 9. The zero-order valence-electron chi connectivity index (χ0n) is 16.0. The lowest BCUT2D eigenvalue weighted by molar-refractivity contribution is -0.132. The second kappa shape index (κ2) is 8.57. The van der Waals surface area contributed by atoms with Gasteiger partial charge in [0.25, 0.3) is 0 Å². The molecule has 1 aliphatic carbocycles. The number of nitrogens with zero attached hydrogens (tertiary/aromatic N) is 1. The lowest BCUT2D eigenvalue weighted by atomic mass is 10.1. The van der Waals surface area contributed by atoms with Crippen molar-refractivity contribution in [1.29, 1.82) is 0 Å². The standard InChI is InChI=1S/C21H25NO4S/c1-14-4-10-20(27-14)18(23)8-11-21(24)22(16-5-6-16)13-15-12-17(25-2)7-9-19(15)26-3/h4,7,9-10,12,16H,5-6,8,11,13H2,1-3H3. The predicted molar refractivity (Wildman–Crippen MR) is 106 cm³/mol. The number of benzene rings is 1. The SMILES string of the molecule is COc1ccc(OC)c(CN(C(=O)CCC(=O)c2ccc(C)s2)C2CC2)c1. The molecule has 0 aliphatic heterocycles. The van der Waals surface area contributed by atoms with E-state index in [1.54, 1.807) is 14.2 Å². The molecule has 0 saturated heterocycles. The molecule has 144 valence electrons. The van der Waals surface area contributed by atoms with Crippen LogP contribution in [-0.2, 0) is 11.3 Å².